The highest BCUT2D eigenvalue weighted by atomic mass is 16.8. The SMILES string of the molecule is CCc1oc(CCOCC(C)(C)COC(=O)C2CC34CC(O3)C2O4)c2c1O2. The number of hydrogen-bond donors (Lipinski definition) is 0. The van der Waals surface area contributed by atoms with E-state index < -0.39 is 5.79 Å². The van der Waals surface area contributed by atoms with Gasteiger partial charge in [0.2, 0.25) is 11.5 Å². The number of hydrogen-bond acceptors (Lipinski definition) is 7. The zero-order valence-electron chi connectivity index (χ0n) is 16.0. The fraction of sp³-hybridized carbons (Fsp3) is 0.750. The first-order valence-electron chi connectivity index (χ1n) is 9.82. The van der Waals surface area contributed by atoms with Gasteiger partial charge in [0, 0.05) is 31.1 Å². The number of carbonyl (C=O) groups excluding carboxylic acids is 1. The number of esters is 1. The lowest BCUT2D eigenvalue weighted by Gasteiger charge is -2.40. The van der Waals surface area contributed by atoms with E-state index in [9.17, 15) is 4.79 Å². The number of aryl methyl sites for hydroxylation is 1. The van der Waals surface area contributed by atoms with Crippen LogP contribution in [0.2, 0.25) is 0 Å². The van der Waals surface area contributed by atoms with Crippen LogP contribution in [-0.4, -0.2) is 43.8 Å². The van der Waals surface area contributed by atoms with E-state index in [1.807, 2.05) is 20.8 Å². The van der Waals surface area contributed by atoms with E-state index in [2.05, 4.69) is 0 Å². The molecule has 4 fully saturated rings. The van der Waals surface area contributed by atoms with Crippen LogP contribution in [0.1, 0.15) is 45.1 Å². The average molecular weight is 378 g/mol. The summed E-state index contributed by atoms with van der Waals surface area (Å²) in [7, 11) is 0. The molecule has 0 N–H and O–H groups in total. The van der Waals surface area contributed by atoms with Gasteiger partial charge >= 0.3 is 5.97 Å². The Morgan fingerprint density at radius 2 is 1.96 bits per heavy atom. The first-order chi connectivity index (χ1) is 12.9. The van der Waals surface area contributed by atoms with Crippen LogP contribution in [0.25, 0.3) is 0 Å². The first kappa shape index (κ1) is 17.5. The van der Waals surface area contributed by atoms with Gasteiger partial charge < -0.3 is 28.1 Å². The maximum atomic E-state index is 12.4. The summed E-state index contributed by atoms with van der Waals surface area (Å²) in [6.07, 6.45) is 3.03. The lowest BCUT2D eigenvalue weighted by Crippen LogP contribution is -2.51. The molecule has 7 heteroatoms. The summed E-state index contributed by atoms with van der Waals surface area (Å²) in [5.41, 5.74) is -0.256. The van der Waals surface area contributed by atoms with Crippen molar-refractivity contribution in [3.8, 4) is 11.5 Å². The number of furan rings is 1. The number of fused-ring (bicyclic) bond motifs is 1. The fourth-order valence-corrected chi connectivity index (χ4v) is 4.36. The van der Waals surface area contributed by atoms with E-state index in [1.54, 1.807) is 0 Å². The van der Waals surface area contributed by atoms with Gasteiger partial charge in [-0.15, -0.1) is 0 Å². The number of carbonyl (C=O) groups is 1. The van der Waals surface area contributed by atoms with Crippen molar-refractivity contribution in [2.45, 2.75) is 64.4 Å². The van der Waals surface area contributed by atoms with Gasteiger partial charge in [0.25, 0.3) is 0 Å². The molecular weight excluding hydrogens is 352 g/mol. The van der Waals surface area contributed by atoms with Gasteiger partial charge in [-0.05, 0) is 0 Å². The second-order valence-corrected chi connectivity index (χ2v) is 8.80. The highest BCUT2D eigenvalue weighted by molar-refractivity contribution is 5.74. The predicted molar refractivity (Wildman–Crippen MR) is 92.6 cm³/mol. The van der Waals surface area contributed by atoms with Crippen molar-refractivity contribution in [2.75, 3.05) is 19.8 Å². The minimum absolute atomic E-state index is 0.0829. The fourth-order valence-electron chi connectivity index (χ4n) is 4.36. The first-order valence-corrected chi connectivity index (χ1v) is 9.82. The molecule has 27 heavy (non-hydrogen) atoms. The van der Waals surface area contributed by atoms with Crippen molar-refractivity contribution in [1.82, 2.24) is 0 Å². The Kier molecular flexibility index (Phi) is 3.87. The van der Waals surface area contributed by atoms with E-state index >= 15 is 0 Å². The molecule has 7 nitrogen and oxygen atoms in total. The number of rotatable bonds is 9. The van der Waals surface area contributed by atoms with Crippen LogP contribution < -0.4 is 4.74 Å². The van der Waals surface area contributed by atoms with Gasteiger partial charge in [-0.25, -0.2) is 0 Å². The molecule has 0 aromatic carbocycles. The molecule has 1 aromatic heterocycles. The molecule has 6 heterocycles. The zero-order valence-corrected chi connectivity index (χ0v) is 16.0. The van der Waals surface area contributed by atoms with E-state index in [0.29, 0.717) is 32.7 Å². The van der Waals surface area contributed by atoms with E-state index in [1.165, 1.54) is 0 Å². The summed E-state index contributed by atoms with van der Waals surface area (Å²) < 4.78 is 33.9. The standard InChI is InChI=1S/C20H26O7/c1-4-12-16-17(25-16)13(24-12)5-6-22-9-19(2,3)10-23-18(21)11-7-20-8-14(26-20)15(11)27-20/h11,14-15H,4-10H2,1-3H3. The van der Waals surface area contributed by atoms with Crippen LogP contribution in [0, 0.1) is 11.3 Å². The highest BCUT2D eigenvalue weighted by Gasteiger charge is 2.70. The molecule has 1 aromatic rings. The van der Waals surface area contributed by atoms with Crippen LogP contribution in [0.15, 0.2) is 4.42 Å². The van der Waals surface area contributed by atoms with E-state index in [-0.39, 0.29) is 29.5 Å². The molecule has 3 bridgehead atoms. The highest BCUT2D eigenvalue weighted by Crippen LogP contribution is 2.58. The molecular formula is C20H26O7. The molecule has 5 aliphatic heterocycles. The smallest absolute Gasteiger partial charge is 0.311 e. The number of ether oxygens (including phenoxy) is 5. The third-order valence-electron chi connectivity index (χ3n) is 5.84. The maximum Gasteiger partial charge on any atom is 0.311 e. The molecule has 0 saturated carbocycles. The van der Waals surface area contributed by atoms with Gasteiger partial charge in [0.1, 0.15) is 6.10 Å². The van der Waals surface area contributed by atoms with Gasteiger partial charge in [-0.2, -0.15) is 0 Å². The molecule has 148 valence electrons. The Bertz CT molecular complexity index is 759. The molecule has 6 rings (SSSR count). The normalized spacial score (nSPS) is 32.0. The largest absolute Gasteiger partial charge is 0.465 e. The second-order valence-electron chi connectivity index (χ2n) is 8.80. The minimum atomic E-state index is -0.479. The average Bonchev–Trinajstić information content (AvgIpc) is 2.94. The van der Waals surface area contributed by atoms with Gasteiger partial charge in [0.15, 0.2) is 17.3 Å². The predicted octanol–water partition coefficient (Wildman–Crippen LogP) is 2.98. The zero-order chi connectivity index (χ0) is 18.8. The van der Waals surface area contributed by atoms with Crippen molar-refractivity contribution in [3.63, 3.8) is 0 Å². The second kappa shape index (κ2) is 5.96. The van der Waals surface area contributed by atoms with Crippen molar-refractivity contribution in [1.29, 1.82) is 0 Å². The van der Waals surface area contributed by atoms with Crippen LogP contribution in [-0.2, 0) is 36.6 Å². The molecule has 4 atom stereocenters. The molecule has 0 aliphatic carbocycles. The van der Waals surface area contributed by atoms with Crippen molar-refractivity contribution in [3.05, 3.63) is 11.5 Å². The minimum Gasteiger partial charge on any atom is -0.465 e. The molecule has 5 aliphatic rings. The summed E-state index contributed by atoms with van der Waals surface area (Å²) in [4.78, 5) is 12.4. The van der Waals surface area contributed by atoms with E-state index in [4.69, 9.17) is 28.1 Å². The quantitative estimate of drug-likeness (QED) is 0.377. The summed E-state index contributed by atoms with van der Waals surface area (Å²) in [6.45, 7) is 7.48. The summed E-state index contributed by atoms with van der Waals surface area (Å²) in [5, 5.41) is 0. The summed E-state index contributed by atoms with van der Waals surface area (Å²) >= 11 is 0. The topological polar surface area (TPSA) is 79.7 Å². The lowest BCUT2D eigenvalue weighted by atomic mass is 9.81. The Morgan fingerprint density at radius 3 is 2.59 bits per heavy atom. The lowest BCUT2D eigenvalue weighted by molar-refractivity contribution is -0.243. The third kappa shape index (κ3) is 2.96. The van der Waals surface area contributed by atoms with Crippen LogP contribution in [0.3, 0.4) is 0 Å². The van der Waals surface area contributed by atoms with Crippen LogP contribution in [0.5, 0.6) is 11.5 Å². The maximum absolute atomic E-state index is 12.4. The van der Waals surface area contributed by atoms with Gasteiger partial charge in [-0.1, -0.05) is 20.8 Å². The van der Waals surface area contributed by atoms with Crippen molar-refractivity contribution >= 4 is 5.97 Å². The Morgan fingerprint density at radius 1 is 1.19 bits per heavy atom. The summed E-state index contributed by atoms with van der Waals surface area (Å²) in [6, 6.07) is 0. The van der Waals surface area contributed by atoms with Crippen LogP contribution in [0.4, 0.5) is 0 Å². The molecule has 4 unspecified atom stereocenters. The Labute approximate surface area is 158 Å². The molecule has 0 amide bonds. The summed E-state index contributed by atoms with van der Waals surface area (Å²) in [5.74, 6) is 2.74. The van der Waals surface area contributed by atoms with Gasteiger partial charge in [-0.3, -0.25) is 4.79 Å². The van der Waals surface area contributed by atoms with Crippen LogP contribution >= 0.6 is 0 Å². The van der Waals surface area contributed by atoms with Crippen molar-refractivity contribution in [2.24, 2.45) is 11.3 Å². The Balaban J connectivity index is 1.03. The van der Waals surface area contributed by atoms with Crippen molar-refractivity contribution < 1.29 is 32.9 Å². The van der Waals surface area contributed by atoms with E-state index in [0.717, 1.165) is 35.9 Å². The van der Waals surface area contributed by atoms with Gasteiger partial charge in [0.05, 0.1) is 31.8 Å². The molecule has 1 spiro atoms. The molecule has 4 saturated heterocycles. The third-order valence-corrected chi connectivity index (χ3v) is 5.84. The Hall–Kier alpha value is -1.57. The molecule has 0 radical (unpaired) electrons. The monoisotopic (exact) mass is 378 g/mol.